The van der Waals surface area contributed by atoms with E-state index in [1.165, 1.54) is 0 Å². The Balaban J connectivity index is 2.46. The van der Waals surface area contributed by atoms with Gasteiger partial charge in [0.1, 0.15) is 17.2 Å². The first-order valence-electron chi connectivity index (χ1n) is 3.94. The minimum Gasteiger partial charge on any atom is -0.384 e. The summed E-state index contributed by atoms with van der Waals surface area (Å²) in [4.78, 5) is 4.17. The van der Waals surface area contributed by atoms with Crippen molar-refractivity contribution >= 4 is 5.82 Å². The second-order valence-corrected chi connectivity index (χ2v) is 3.00. The summed E-state index contributed by atoms with van der Waals surface area (Å²) in [6.07, 6.45) is 3.64. The number of hydrogen-bond acceptors (Lipinski definition) is 3. The minimum atomic E-state index is 0.639. The van der Waals surface area contributed by atoms with Crippen LogP contribution in [0.2, 0.25) is 0 Å². The van der Waals surface area contributed by atoms with Gasteiger partial charge in [-0.2, -0.15) is 5.10 Å². The van der Waals surface area contributed by atoms with Crippen molar-refractivity contribution in [3.8, 4) is 11.4 Å². The highest BCUT2D eigenvalue weighted by molar-refractivity contribution is 5.57. The van der Waals surface area contributed by atoms with E-state index < -0.39 is 0 Å². The van der Waals surface area contributed by atoms with Crippen LogP contribution < -0.4 is 5.73 Å². The van der Waals surface area contributed by atoms with E-state index in [0.717, 1.165) is 11.4 Å². The van der Waals surface area contributed by atoms with Crippen molar-refractivity contribution in [2.24, 2.45) is 14.1 Å². The molecule has 0 bridgehead atoms. The van der Waals surface area contributed by atoms with Crippen LogP contribution in [-0.4, -0.2) is 19.3 Å². The van der Waals surface area contributed by atoms with E-state index in [1.54, 1.807) is 11.0 Å². The van der Waals surface area contributed by atoms with Crippen LogP contribution in [0.4, 0.5) is 5.82 Å². The Labute approximate surface area is 75.8 Å². The molecule has 0 amide bonds. The third-order valence-corrected chi connectivity index (χ3v) is 1.88. The van der Waals surface area contributed by atoms with Crippen LogP contribution in [0.25, 0.3) is 11.4 Å². The van der Waals surface area contributed by atoms with E-state index in [2.05, 4.69) is 10.1 Å². The largest absolute Gasteiger partial charge is 0.384 e. The average molecular weight is 177 g/mol. The Morgan fingerprint density at radius 3 is 2.54 bits per heavy atom. The van der Waals surface area contributed by atoms with E-state index in [0.29, 0.717) is 5.82 Å². The highest BCUT2D eigenvalue weighted by Gasteiger charge is 2.06. The molecule has 0 saturated heterocycles. The van der Waals surface area contributed by atoms with Gasteiger partial charge in [0.25, 0.3) is 0 Å². The highest BCUT2D eigenvalue weighted by atomic mass is 15.3. The molecule has 2 N–H and O–H groups in total. The number of aromatic nitrogens is 4. The number of nitrogens with two attached hydrogens (primary N) is 1. The number of anilines is 1. The molecule has 5 heteroatoms. The summed E-state index contributed by atoms with van der Waals surface area (Å²) in [5.41, 5.74) is 7.30. The minimum absolute atomic E-state index is 0.639. The molecule has 2 aromatic heterocycles. The Morgan fingerprint density at radius 2 is 2.08 bits per heavy atom. The molecular weight excluding hydrogens is 166 g/mol. The van der Waals surface area contributed by atoms with Gasteiger partial charge >= 0.3 is 0 Å². The average Bonchev–Trinajstić information content (AvgIpc) is 2.61. The molecule has 0 spiro atoms. The molecule has 0 unspecified atom stereocenters. The fourth-order valence-corrected chi connectivity index (χ4v) is 1.15. The van der Waals surface area contributed by atoms with Crippen LogP contribution in [0, 0.1) is 0 Å². The van der Waals surface area contributed by atoms with Gasteiger partial charge in [-0.15, -0.1) is 0 Å². The molecule has 0 saturated carbocycles. The standard InChI is InChI=1S/C8H11N5/c1-12-4-7(10-5-12)6-3-8(9)13(2)11-6/h3-5H,9H2,1-2H3. The lowest BCUT2D eigenvalue weighted by Gasteiger charge is -1.88. The maximum atomic E-state index is 5.65. The van der Waals surface area contributed by atoms with E-state index in [1.807, 2.05) is 30.9 Å². The van der Waals surface area contributed by atoms with Gasteiger partial charge < -0.3 is 10.3 Å². The Bertz CT molecular complexity index is 406. The van der Waals surface area contributed by atoms with Crippen molar-refractivity contribution in [1.82, 2.24) is 19.3 Å². The van der Waals surface area contributed by atoms with Crippen LogP contribution >= 0.6 is 0 Å². The molecule has 0 radical (unpaired) electrons. The molecule has 0 aromatic carbocycles. The molecule has 0 aliphatic carbocycles. The number of nitrogens with zero attached hydrogens (tertiary/aromatic N) is 4. The number of aryl methyl sites for hydroxylation is 2. The quantitative estimate of drug-likeness (QED) is 0.686. The van der Waals surface area contributed by atoms with Crippen molar-refractivity contribution in [3.63, 3.8) is 0 Å². The van der Waals surface area contributed by atoms with Crippen LogP contribution in [0.1, 0.15) is 0 Å². The van der Waals surface area contributed by atoms with Gasteiger partial charge in [-0.25, -0.2) is 4.98 Å². The predicted molar refractivity (Wildman–Crippen MR) is 49.8 cm³/mol. The van der Waals surface area contributed by atoms with Crippen molar-refractivity contribution < 1.29 is 0 Å². The Morgan fingerprint density at radius 1 is 1.31 bits per heavy atom. The SMILES string of the molecule is Cn1cnc(-c2cc(N)n(C)n2)c1. The third-order valence-electron chi connectivity index (χ3n) is 1.88. The Hall–Kier alpha value is -1.78. The summed E-state index contributed by atoms with van der Waals surface area (Å²) in [7, 11) is 3.73. The fraction of sp³-hybridized carbons (Fsp3) is 0.250. The first-order valence-corrected chi connectivity index (χ1v) is 3.94. The first-order chi connectivity index (χ1) is 6.16. The van der Waals surface area contributed by atoms with E-state index >= 15 is 0 Å². The summed E-state index contributed by atoms with van der Waals surface area (Å²) >= 11 is 0. The normalized spacial score (nSPS) is 10.6. The van der Waals surface area contributed by atoms with Gasteiger partial charge in [-0.3, -0.25) is 4.68 Å². The number of nitrogen functional groups attached to an aromatic ring is 1. The zero-order valence-corrected chi connectivity index (χ0v) is 7.60. The summed E-state index contributed by atoms with van der Waals surface area (Å²) < 4.78 is 3.50. The van der Waals surface area contributed by atoms with Crippen molar-refractivity contribution in [1.29, 1.82) is 0 Å². The predicted octanol–water partition coefficient (Wildman–Crippen LogP) is 0.403. The van der Waals surface area contributed by atoms with Gasteiger partial charge in [0, 0.05) is 26.4 Å². The number of rotatable bonds is 1. The van der Waals surface area contributed by atoms with Crippen LogP contribution in [0.5, 0.6) is 0 Å². The Kier molecular flexibility index (Phi) is 1.58. The lowest BCUT2D eigenvalue weighted by molar-refractivity contribution is 0.781. The van der Waals surface area contributed by atoms with E-state index in [4.69, 9.17) is 5.73 Å². The monoisotopic (exact) mass is 177 g/mol. The van der Waals surface area contributed by atoms with Crippen LogP contribution in [-0.2, 0) is 14.1 Å². The zero-order valence-electron chi connectivity index (χ0n) is 7.60. The van der Waals surface area contributed by atoms with Crippen LogP contribution in [0.15, 0.2) is 18.6 Å². The molecule has 2 heterocycles. The topological polar surface area (TPSA) is 61.7 Å². The molecular formula is C8H11N5. The summed E-state index contributed by atoms with van der Waals surface area (Å²) in [6.45, 7) is 0. The van der Waals surface area contributed by atoms with Gasteiger partial charge in [0.2, 0.25) is 0 Å². The number of hydrogen-bond donors (Lipinski definition) is 1. The lowest BCUT2D eigenvalue weighted by Crippen LogP contribution is -1.96. The highest BCUT2D eigenvalue weighted by Crippen LogP contribution is 2.16. The summed E-state index contributed by atoms with van der Waals surface area (Å²) in [5.74, 6) is 0.639. The number of imidazole rings is 1. The first kappa shape index (κ1) is 7.85. The summed E-state index contributed by atoms with van der Waals surface area (Å²) in [5, 5.41) is 4.21. The molecule has 2 aromatic rings. The maximum absolute atomic E-state index is 5.65. The molecule has 2 rings (SSSR count). The second kappa shape index (κ2) is 2.62. The molecule has 0 aliphatic heterocycles. The molecule has 13 heavy (non-hydrogen) atoms. The van der Waals surface area contributed by atoms with Gasteiger partial charge in [-0.05, 0) is 0 Å². The maximum Gasteiger partial charge on any atom is 0.122 e. The van der Waals surface area contributed by atoms with Gasteiger partial charge in [0.05, 0.1) is 6.33 Å². The second-order valence-electron chi connectivity index (χ2n) is 3.00. The molecule has 0 aliphatic rings. The van der Waals surface area contributed by atoms with E-state index in [9.17, 15) is 0 Å². The smallest absolute Gasteiger partial charge is 0.122 e. The van der Waals surface area contributed by atoms with Crippen LogP contribution in [0.3, 0.4) is 0 Å². The lowest BCUT2D eigenvalue weighted by atomic mass is 10.3. The zero-order chi connectivity index (χ0) is 9.42. The molecule has 68 valence electrons. The van der Waals surface area contributed by atoms with E-state index in [-0.39, 0.29) is 0 Å². The summed E-state index contributed by atoms with van der Waals surface area (Å²) in [6, 6.07) is 1.81. The fourth-order valence-electron chi connectivity index (χ4n) is 1.15. The molecule has 0 fully saturated rings. The molecule has 0 atom stereocenters. The third kappa shape index (κ3) is 1.28. The van der Waals surface area contributed by atoms with Gasteiger partial charge in [0.15, 0.2) is 0 Å². The van der Waals surface area contributed by atoms with Crippen molar-refractivity contribution in [2.75, 3.05) is 5.73 Å². The van der Waals surface area contributed by atoms with Crippen molar-refractivity contribution in [3.05, 3.63) is 18.6 Å². The van der Waals surface area contributed by atoms with Gasteiger partial charge in [-0.1, -0.05) is 0 Å². The molecule has 5 nitrogen and oxygen atoms in total. The van der Waals surface area contributed by atoms with Crippen molar-refractivity contribution in [2.45, 2.75) is 0 Å².